The molecule has 0 aliphatic heterocycles. The minimum absolute atomic E-state index is 0.0615. The van der Waals surface area contributed by atoms with Crippen LogP contribution in [-0.2, 0) is 41.1 Å². The Morgan fingerprint density at radius 2 is 0.808 bits per heavy atom. The lowest BCUT2D eigenvalue weighted by molar-refractivity contribution is 0.0839. The molecule has 0 aromatic rings. The highest BCUT2D eigenvalue weighted by Crippen LogP contribution is 2.38. The van der Waals surface area contributed by atoms with Gasteiger partial charge < -0.3 is 43.9 Å². The average Bonchev–Trinajstić information content (AvgIpc) is 3.00. The third-order valence-corrected chi connectivity index (χ3v) is 8.89. The minimum Gasteiger partial charge on any atom is -0.379 e. The Hall–Kier alpha value is 0.400. The highest BCUT2D eigenvalue weighted by Gasteiger charge is 2.17. The van der Waals surface area contributed by atoms with Crippen molar-refractivity contribution >= 4 is 31.3 Å². The quantitative estimate of drug-likeness (QED) is 0.0249. The molecule has 21 heteroatoms. The zero-order valence-corrected chi connectivity index (χ0v) is 36.0. The molecule has 1 atom stereocenters. The molecule has 0 rings (SSSR count). The summed E-state index contributed by atoms with van der Waals surface area (Å²) in [5.41, 5.74) is 0. The third kappa shape index (κ3) is 68.4. The normalized spacial score (nSPS) is 12.7. The van der Waals surface area contributed by atoms with Gasteiger partial charge in [0.05, 0.1) is 33.0 Å². The summed E-state index contributed by atoms with van der Waals surface area (Å²) in [6, 6.07) is 0. The molecule has 17 nitrogen and oxygen atoms in total. The maximum absolute atomic E-state index is 10.4. The van der Waals surface area contributed by atoms with E-state index in [9.17, 15) is 18.3 Å². The first-order chi connectivity index (χ1) is 24.0. The first-order valence-corrected chi connectivity index (χ1v) is 24.5. The van der Waals surface area contributed by atoms with E-state index in [1.807, 2.05) is 20.8 Å². The minimum atomic E-state index is -4.30. The van der Waals surface area contributed by atoms with Crippen LogP contribution in [0.5, 0.6) is 0 Å². The van der Waals surface area contributed by atoms with Gasteiger partial charge in [0, 0.05) is 6.61 Å². The fraction of sp³-hybridized carbons (Fsp3) is 1.00. The smallest absolute Gasteiger partial charge is 0.379 e. The molecule has 0 aromatic heterocycles. The van der Waals surface area contributed by atoms with Gasteiger partial charge >= 0.3 is 31.3 Å². The fourth-order valence-electron chi connectivity index (χ4n) is 3.89. The van der Waals surface area contributed by atoms with Gasteiger partial charge in [0.15, 0.2) is 0 Å². The summed E-state index contributed by atoms with van der Waals surface area (Å²) < 4.78 is 63.0. The van der Waals surface area contributed by atoms with Crippen LogP contribution in [-0.4, -0.2) is 78.8 Å². The van der Waals surface area contributed by atoms with Crippen LogP contribution in [0.4, 0.5) is 0 Å². The van der Waals surface area contributed by atoms with Crippen molar-refractivity contribution in [3.05, 3.63) is 0 Å². The molecule has 52 heavy (non-hydrogen) atoms. The number of hydrogen-bond acceptors (Lipinski definition) is 9. The van der Waals surface area contributed by atoms with E-state index in [1.54, 1.807) is 0 Å². The Morgan fingerprint density at radius 1 is 0.423 bits per heavy atom. The van der Waals surface area contributed by atoms with Crippen LogP contribution >= 0.6 is 31.3 Å². The topological polar surface area (TPSA) is 276 Å². The van der Waals surface area contributed by atoms with E-state index in [4.69, 9.17) is 43.9 Å². The summed E-state index contributed by atoms with van der Waals surface area (Å²) in [5, 5.41) is 0. The van der Waals surface area contributed by atoms with Gasteiger partial charge in [-0.3, -0.25) is 18.1 Å². The Kier molecular flexibility index (Phi) is 43.5. The molecule has 0 heterocycles. The molecule has 320 valence electrons. The zero-order chi connectivity index (χ0) is 41.0. The van der Waals surface area contributed by atoms with Crippen LogP contribution in [0.15, 0.2) is 0 Å². The van der Waals surface area contributed by atoms with Crippen molar-refractivity contribution in [2.24, 2.45) is 11.8 Å². The second-order valence-electron chi connectivity index (χ2n) is 12.5. The van der Waals surface area contributed by atoms with Crippen molar-refractivity contribution in [1.29, 1.82) is 0 Å². The van der Waals surface area contributed by atoms with Gasteiger partial charge in [-0.25, -0.2) is 18.3 Å². The van der Waals surface area contributed by atoms with E-state index in [2.05, 4.69) is 38.9 Å². The van der Waals surface area contributed by atoms with Gasteiger partial charge in [-0.1, -0.05) is 125 Å². The lowest BCUT2D eigenvalue weighted by atomic mass is 10.0. The molecule has 8 N–H and O–H groups in total. The predicted molar refractivity (Wildman–Crippen MR) is 202 cm³/mol. The molecule has 0 aliphatic rings. The first kappa shape index (κ1) is 59.1. The van der Waals surface area contributed by atoms with Crippen molar-refractivity contribution in [2.75, 3.05) is 39.6 Å². The molecule has 0 aliphatic carbocycles. The summed E-state index contributed by atoms with van der Waals surface area (Å²) in [5.74, 6) is 1.09. The molecule has 0 amide bonds. The average molecular weight is 843 g/mol. The van der Waals surface area contributed by atoms with Crippen LogP contribution < -0.4 is 0 Å². The maximum Gasteiger partial charge on any atom is 0.469 e. The third-order valence-electron chi connectivity index (χ3n) is 6.84. The molecule has 0 fully saturated rings. The molecule has 0 spiro atoms. The molecule has 0 saturated heterocycles. The number of ether oxygens (including phenoxy) is 1. The van der Waals surface area contributed by atoms with Gasteiger partial charge in [-0.2, -0.15) is 0 Å². The highest BCUT2D eigenvalue weighted by atomic mass is 31.2. The number of hydrogen-bond donors (Lipinski definition) is 8. The van der Waals surface area contributed by atoms with E-state index in [0.29, 0.717) is 13.0 Å². The van der Waals surface area contributed by atoms with Crippen LogP contribution in [0.3, 0.4) is 0 Å². The van der Waals surface area contributed by atoms with Crippen molar-refractivity contribution in [2.45, 2.75) is 151 Å². The molecular weight excluding hydrogens is 768 g/mol. The number of rotatable bonds is 30. The molecule has 0 bridgehead atoms. The monoisotopic (exact) mass is 842 g/mol. The van der Waals surface area contributed by atoms with Crippen molar-refractivity contribution in [1.82, 2.24) is 0 Å². The fourth-order valence-corrected chi connectivity index (χ4v) is 5.34. The number of unbranched alkanes of at least 4 members (excludes halogenated alkanes) is 10. The Bertz CT molecular complexity index is 934. The van der Waals surface area contributed by atoms with E-state index < -0.39 is 31.3 Å². The van der Waals surface area contributed by atoms with Crippen LogP contribution in [0.25, 0.3) is 0 Å². The summed E-state index contributed by atoms with van der Waals surface area (Å²) in [6.07, 6.45) is 18.3. The van der Waals surface area contributed by atoms with Crippen LogP contribution in [0.1, 0.15) is 151 Å². The SMILES string of the molecule is CC(C)CCCCCCCCCCOP(=O)(O)O.CCCCC(CC)COP(=O)(O)O.CCCCOCCOP(=O)(O)O.CCCCOP(=O)(O)O. The van der Waals surface area contributed by atoms with Gasteiger partial charge in [0.1, 0.15) is 0 Å². The zero-order valence-electron chi connectivity index (χ0n) is 32.5. The number of phosphoric ester groups is 4. The van der Waals surface area contributed by atoms with E-state index in [-0.39, 0.29) is 39.0 Å². The van der Waals surface area contributed by atoms with Crippen LogP contribution in [0.2, 0.25) is 0 Å². The predicted octanol–water partition coefficient (Wildman–Crippen LogP) is 8.38. The second kappa shape index (κ2) is 38.3. The van der Waals surface area contributed by atoms with E-state index >= 15 is 0 Å². The van der Waals surface area contributed by atoms with Gasteiger partial charge in [-0.05, 0) is 37.5 Å². The maximum atomic E-state index is 10.4. The largest absolute Gasteiger partial charge is 0.469 e. The molecule has 1 unspecified atom stereocenters. The summed E-state index contributed by atoms with van der Waals surface area (Å²) >= 11 is 0. The Labute approximate surface area is 313 Å². The first-order valence-electron chi connectivity index (χ1n) is 18.4. The van der Waals surface area contributed by atoms with Crippen molar-refractivity contribution in [3.8, 4) is 0 Å². The van der Waals surface area contributed by atoms with E-state index in [1.165, 1.54) is 38.5 Å². The Morgan fingerprint density at radius 3 is 1.21 bits per heavy atom. The molecule has 0 saturated carbocycles. The second-order valence-corrected chi connectivity index (χ2v) is 17.5. The summed E-state index contributed by atoms with van der Waals surface area (Å²) in [6.45, 7) is 13.8. The van der Waals surface area contributed by atoms with Gasteiger partial charge in [-0.15, -0.1) is 0 Å². The lowest BCUT2D eigenvalue weighted by Crippen LogP contribution is -2.07. The van der Waals surface area contributed by atoms with Crippen molar-refractivity contribution < 1.29 is 80.2 Å². The molecule has 0 radical (unpaired) electrons. The molecular formula is C31H74O17P4. The van der Waals surface area contributed by atoms with Gasteiger partial charge in [0.2, 0.25) is 0 Å². The molecule has 0 aromatic carbocycles. The Balaban J connectivity index is -0.000000304. The van der Waals surface area contributed by atoms with Gasteiger partial charge in [0.25, 0.3) is 0 Å². The van der Waals surface area contributed by atoms with Crippen molar-refractivity contribution in [3.63, 3.8) is 0 Å². The highest BCUT2D eigenvalue weighted by molar-refractivity contribution is 7.47. The lowest BCUT2D eigenvalue weighted by Gasteiger charge is -2.14. The van der Waals surface area contributed by atoms with Crippen LogP contribution in [0, 0.1) is 11.8 Å². The number of phosphoric acid groups is 4. The summed E-state index contributed by atoms with van der Waals surface area (Å²) in [7, 11) is -17.0. The standard InChI is InChI=1S/C13H29O4P.C8H19O4P.C6H15O5P.C4H11O4P/c1-13(2)11-9-7-5-3-4-6-8-10-12-17-18(14,15)16;1-3-5-6-8(4-2)7-12-13(9,10)11;1-2-3-4-10-5-6-11-12(7,8)9;1-2-3-4-8-9(5,6)7/h13H,3-12H2,1-2H3,(H2,14,15,16);8H,3-7H2,1-2H3,(H2,9,10,11);2-6H2,1H3,(H2,7,8,9);2-4H2,1H3,(H2,5,6,7). The van der Waals surface area contributed by atoms with E-state index in [0.717, 1.165) is 70.1 Å². The summed E-state index contributed by atoms with van der Waals surface area (Å²) in [4.78, 5) is 66.7.